The summed E-state index contributed by atoms with van der Waals surface area (Å²) >= 11 is 0. The average molecular weight is 1480 g/mol. The van der Waals surface area contributed by atoms with Crippen LogP contribution >= 0.6 is 15.6 Å². The van der Waals surface area contributed by atoms with E-state index in [1.54, 1.807) is 0 Å². The molecule has 0 aromatic heterocycles. The number of carbonyl (C=O) groups excluding carboxylic acids is 3. The lowest BCUT2D eigenvalue weighted by molar-refractivity contribution is -0.161. The predicted molar refractivity (Wildman–Crippen MR) is 426 cm³/mol. The summed E-state index contributed by atoms with van der Waals surface area (Å²) in [4.78, 5) is 58.6. The van der Waals surface area contributed by atoms with Gasteiger partial charge in [0.2, 0.25) is 0 Å². The summed E-state index contributed by atoms with van der Waals surface area (Å²) in [6.45, 7) is 2.32. The van der Waals surface area contributed by atoms with Gasteiger partial charge in [-0.15, -0.1) is 0 Å². The highest BCUT2D eigenvalue weighted by atomic mass is 31.2. The van der Waals surface area contributed by atoms with Crippen LogP contribution in [0.2, 0.25) is 0 Å². The number of phosphoric ester groups is 2. The Bertz CT molecular complexity index is 2450. The second-order valence-corrected chi connectivity index (χ2v) is 29.3. The summed E-state index contributed by atoms with van der Waals surface area (Å²) in [6, 6.07) is 0. The molecule has 0 heterocycles. The maximum Gasteiger partial charge on any atom is 0.472 e. The molecular weight excluding hydrogens is 1340 g/mol. The van der Waals surface area contributed by atoms with E-state index in [1.807, 2.05) is 0 Å². The number of esters is 3. The molecule has 0 radical (unpaired) electrons. The molecule has 18 heteroatoms. The van der Waals surface area contributed by atoms with Gasteiger partial charge in [-0.2, -0.15) is 0 Å². The third-order valence-corrected chi connectivity index (χ3v) is 18.4. The molecule has 0 aliphatic heterocycles. The summed E-state index contributed by atoms with van der Waals surface area (Å²) in [5.41, 5.74) is 0. The average Bonchev–Trinajstić information content (AvgIpc) is 0.915. The molecular formula is C85H144O16P2. The molecule has 5 atom stereocenters. The number of unbranched alkanes of at least 4 members (excludes halogenated alkanes) is 28. The molecule has 0 aromatic rings. The van der Waals surface area contributed by atoms with Gasteiger partial charge in [0.15, 0.2) is 6.10 Å². The molecule has 0 saturated carbocycles. The zero-order valence-electron chi connectivity index (χ0n) is 64.4. The van der Waals surface area contributed by atoms with Gasteiger partial charge in [-0.25, -0.2) is 9.13 Å². The maximum atomic E-state index is 12.9. The van der Waals surface area contributed by atoms with Crippen molar-refractivity contribution in [2.45, 2.75) is 334 Å². The van der Waals surface area contributed by atoms with Crippen LogP contribution in [0.5, 0.6) is 0 Å². The summed E-state index contributed by atoms with van der Waals surface area (Å²) in [5.74, 6) is -1.60. The van der Waals surface area contributed by atoms with Gasteiger partial charge in [-0.1, -0.05) is 308 Å². The number of aliphatic hydroxyl groups excluding tert-OH is 2. The van der Waals surface area contributed by atoms with E-state index < -0.39 is 91.5 Å². The van der Waals surface area contributed by atoms with Crippen molar-refractivity contribution in [1.82, 2.24) is 0 Å². The SMILES string of the molecule is CC/C=C\C/C=C\C/C=C\C/C=C\C/C=C\C/C=C\CCCCCCCCCCCCCCCCCCC(=O)OCC(O)COP(=O)(O)OCC(O)COP(=O)(O)OCC(COC(=O)CCCCCCCCC/C=C\C/C=C\C/C=C\CC)OC(=O)CCCCCCC/C=C\C/C=C\C/C=C\CC. The van der Waals surface area contributed by atoms with E-state index in [4.69, 9.17) is 32.3 Å². The highest BCUT2D eigenvalue weighted by Crippen LogP contribution is 2.45. The molecule has 0 fully saturated rings. The molecule has 0 bridgehead atoms. The van der Waals surface area contributed by atoms with Crippen LogP contribution in [0, 0.1) is 0 Å². The van der Waals surface area contributed by atoms with Crippen LogP contribution in [0.1, 0.15) is 316 Å². The molecule has 0 rings (SSSR count). The number of rotatable bonds is 75. The molecule has 0 amide bonds. The van der Waals surface area contributed by atoms with Crippen molar-refractivity contribution in [3.8, 4) is 0 Å². The van der Waals surface area contributed by atoms with Gasteiger partial charge in [-0.3, -0.25) is 32.5 Å². The maximum absolute atomic E-state index is 12.9. The molecule has 0 aliphatic rings. The Kier molecular flexibility index (Phi) is 73.6. The highest BCUT2D eigenvalue weighted by Gasteiger charge is 2.29. The zero-order chi connectivity index (χ0) is 75.2. The molecule has 0 aliphatic carbocycles. The van der Waals surface area contributed by atoms with Crippen LogP contribution in [0.15, 0.2) is 146 Å². The van der Waals surface area contributed by atoms with Crippen LogP contribution in [0.3, 0.4) is 0 Å². The van der Waals surface area contributed by atoms with Gasteiger partial charge in [0, 0.05) is 19.3 Å². The molecule has 0 saturated heterocycles. The topological polar surface area (TPSA) is 231 Å². The van der Waals surface area contributed by atoms with E-state index in [0.717, 1.165) is 173 Å². The van der Waals surface area contributed by atoms with Crippen LogP contribution in [0.4, 0.5) is 0 Å². The quantitative estimate of drug-likeness (QED) is 0.0146. The van der Waals surface area contributed by atoms with Gasteiger partial charge in [0.25, 0.3) is 0 Å². The summed E-state index contributed by atoms with van der Waals surface area (Å²) < 4.78 is 61.1. The van der Waals surface area contributed by atoms with Crippen molar-refractivity contribution in [1.29, 1.82) is 0 Å². The van der Waals surface area contributed by atoms with E-state index in [9.17, 15) is 43.5 Å². The van der Waals surface area contributed by atoms with Gasteiger partial charge in [-0.05, 0) is 135 Å². The fourth-order valence-electron chi connectivity index (χ4n) is 10.5. The first-order valence-corrected chi connectivity index (χ1v) is 43.1. The fourth-order valence-corrected chi connectivity index (χ4v) is 12.1. The number of ether oxygens (including phenoxy) is 3. The van der Waals surface area contributed by atoms with Gasteiger partial charge >= 0.3 is 33.6 Å². The van der Waals surface area contributed by atoms with Crippen LogP contribution < -0.4 is 0 Å². The lowest BCUT2D eigenvalue weighted by Crippen LogP contribution is -2.30. The van der Waals surface area contributed by atoms with Crippen molar-refractivity contribution in [2.75, 3.05) is 39.6 Å². The minimum atomic E-state index is -4.94. The number of aliphatic hydroxyl groups is 2. The van der Waals surface area contributed by atoms with Gasteiger partial charge in [0.1, 0.15) is 25.4 Å². The van der Waals surface area contributed by atoms with Crippen molar-refractivity contribution in [3.05, 3.63) is 146 Å². The van der Waals surface area contributed by atoms with E-state index in [0.29, 0.717) is 19.3 Å². The Labute approximate surface area is 626 Å². The van der Waals surface area contributed by atoms with E-state index >= 15 is 0 Å². The largest absolute Gasteiger partial charge is 0.472 e. The van der Waals surface area contributed by atoms with E-state index in [-0.39, 0.29) is 19.3 Å². The highest BCUT2D eigenvalue weighted by molar-refractivity contribution is 7.47. The molecule has 16 nitrogen and oxygen atoms in total. The Balaban J connectivity index is 4.40. The van der Waals surface area contributed by atoms with Crippen LogP contribution in [-0.2, 0) is 55.8 Å². The second kappa shape index (κ2) is 77.1. The van der Waals surface area contributed by atoms with Crippen molar-refractivity contribution in [2.24, 2.45) is 0 Å². The van der Waals surface area contributed by atoms with Crippen molar-refractivity contribution < 1.29 is 75.8 Å². The standard InChI is InChI=1S/C85H144O16P2/c1-4-7-10-13-16-19-22-25-28-30-31-32-33-34-35-36-37-38-39-40-41-42-43-44-45-46-47-49-52-53-56-59-62-65-68-71-83(88)95-74-80(86)75-97-102(91,92)98-76-81(87)77-99-103(93,94)100-79-82(101-85(90)73-70-67-64-61-58-55-50-27-24-21-18-15-12-9-6-3)78-96-84(89)72-69-66-63-60-57-54-51-48-29-26-23-20-17-14-11-8-5-2/h7-12,16-21,25-29,31-32,34-35,37-38,50,80-82,86-87H,4-6,13-15,22-24,30,33,36,39-49,51-79H2,1-3H3,(H,91,92)(H,93,94)/b10-7-,11-8-,12-9-,19-16-,20-17-,21-18-,28-25-,29-26-,32-31-,35-34-,38-37-,50-27-. The minimum Gasteiger partial charge on any atom is -0.463 e. The molecule has 590 valence electrons. The normalized spacial score (nSPS) is 14.7. The smallest absolute Gasteiger partial charge is 0.463 e. The van der Waals surface area contributed by atoms with E-state index in [2.05, 4.69) is 167 Å². The van der Waals surface area contributed by atoms with Gasteiger partial charge < -0.3 is 34.2 Å². The zero-order valence-corrected chi connectivity index (χ0v) is 66.2. The summed E-state index contributed by atoms with van der Waals surface area (Å²) in [6.07, 6.45) is 94.9. The number of hydrogen-bond acceptors (Lipinski definition) is 14. The first-order valence-electron chi connectivity index (χ1n) is 40.1. The molecule has 4 N–H and O–H groups in total. The van der Waals surface area contributed by atoms with Gasteiger partial charge in [0.05, 0.1) is 26.4 Å². The Morgan fingerprint density at radius 2 is 0.485 bits per heavy atom. The third kappa shape index (κ3) is 78.3. The number of allylic oxidation sites excluding steroid dienone is 24. The number of carbonyl (C=O) groups is 3. The third-order valence-electron chi connectivity index (χ3n) is 16.5. The van der Waals surface area contributed by atoms with Crippen molar-refractivity contribution >= 4 is 33.6 Å². The second-order valence-electron chi connectivity index (χ2n) is 26.4. The lowest BCUT2D eigenvalue weighted by atomic mass is 10.0. The molecule has 5 unspecified atom stereocenters. The Hall–Kier alpha value is -4.57. The summed E-state index contributed by atoms with van der Waals surface area (Å²) in [5, 5.41) is 20.6. The minimum absolute atomic E-state index is 0.0804. The molecule has 0 spiro atoms. The Morgan fingerprint density at radius 3 is 0.767 bits per heavy atom. The van der Waals surface area contributed by atoms with E-state index in [1.165, 1.54) is 83.5 Å². The molecule has 0 aromatic carbocycles. The summed E-state index contributed by atoms with van der Waals surface area (Å²) in [7, 11) is -9.80. The first kappa shape index (κ1) is 98.4. The fraction of sp³-hybridized carbons (Fsp3) is 0.682. The predicted octanol–water partition coefficient (Wildman–Crippen LogP) is 23.7. The monoisotopic (exact) mass is 1480 g/mol. The first-order chi connectivity index (χ1) is 50.2. The lowest BCUT2D eigenvalue weighted by Gasteiger charge is -2.21. The van der Waals surface area contributed by atoms with Crippen LogP contribution in [0.25, 0.3) is 0 Å². The number of phosphoric acid groups is 2. The van der Waals surface area contributed by atoms with Crippen molar-refractivity contribution in [3.63, 3.8) is 0 Å². The Morgan fingerprint density at radius 1 is 0.272 bits per heavy atom. The number of hydrogen-bond donors (Lipinski definition) is 4. The molecule has 103 heavy (non-hydrogen) atoms. The van der Waals surface area contributed by atoms with Crippen LogP contribution in [-0.4, -0.2) is 95.9 Å².